The Morgan fingerprint density at radius 3 is 2.44 bits per heavy atom. The van der Waals surface area contributed by atoms with Crippen LogP contribution >= 0.6 is 0 Å². The number of hydrogen-bond donors (Lipinski definition) is 4. The summed E-state index contributed by atoms with van der Waals surface area (Å²) in [5.41, 5.74) is 6.86. The van der Waals surface area contributed by atoms with E-state index in [1.54, 1.807) is 42.5 Å². The van der Waals surface area contributed by atoms with Gasteiger partial charge in [-0.05, 0) is 37.0 Å². The molecule has 3 rings (SSSR count). The molecule has 1 fully saturated rings. The molecule has 1 atom stereocenters. The van der Waals surface area contributed by atoms with Crippen LogP contribution in [0.15, 0.2) is 59.5 Å². The van der Waals surface area contributed by atoms with Gasteiger partial charge in [0.2, 0.25) is 21.8 Å². The Kier molecular flexibility index (Phi) is 7.60. The number of carbonyl (C=O) groups excluding carboxylic acids is 2. The van der Waals surface area contributed by atoms with E-state index in [1.165, 1.54) is 17.0 Å². The first kappa shape index (κ1) is 23.4. The highest BCUT2D eigenvalue weighted by molar-refractivity contribution is 7.89. The van der Waals surface area contributed by atoms with Crippen LogP contribution < -0.4 is 15.8 Å². The number of nitrogens with one attached hydrogen (secondary N) is 3. The highest BCUT2D eigenvalue weighted by Crippen LogP contribution is 2.16. The topological polar surface area (TPSA) is 145 Å². The van der Waals surface area contributed by atoms with Crippen molar-refractivity contribution in [2.45, 2.75) is 36.7 Å². The molecule has 170 valence electrons. The number of nitrogen functional groups attached to an aromatic ring is 1. The van der Waals surface area contributed by atoms with Gasteiger partial charge in [-0.15, -0.1) is 0 Å². The zero-order chi connectivity index (χ0) is 23.1. The van der Waals surface area contributed by atoms with Crippen LogP contribution in [0.25, 0.3) is 0 Å². The van der Waals surface area contributed by atoms with Crippen molar-refractivity contribution < 1.29 is 18.0 Å². The van der Waals surface area contributed by atoms with Gasteiger partial charge >= 0.3 is 0 Å². The van der Waals surface area contributed by atoms with E-state index in [2.05, 4.69) is 10.0 Å². The third kappa shape index (κ3) is 6.14. The lowest BCUT2D eigenvalue weighted by Crippen LogP contribution is -2.49. The minimum atomic E-state index is -3.84. The van der Waals surface area contributed by atoms with Crippen LogP contribution in [-0.4, -0.2) is 50.1 Å². The Balaban J connectivity index is 1.59. The van der Waals surface area contributed by atoms with Crippen LogP contribution in [-0.2, 0) is 26.2 Å². The fourth-order valence-electron chi connectivity index (χ4n) is 3.46. The standard InChI is InChI=1S/C22H27N5O4S/c23-21(24)17-11-9-16(10-12-17)14-25-20(28)15-27-13-5-4-8-19(22(27)29)26-32(30,31)18-6-2-1-3-7-18/h1-3,6-7,9-12,19,26H,4-5,8,13-15H2,(H3,23,24)(H,25,28). The molecule has 2 amide bonds. The summed E-state index contributed by atoms with van der Waals surface area (Å²) in [5, 5.41) is 10.2. The third-order valence-electron chi connectivity index (χ3n) is 5.22. The molecule has 32 heavy (non-hydrogen) atoms. The quantitative estimate of drug-likeness (QED) is 0.344. The second-order valence-electron chi connectivity index (χ2n) is 7.63. The number of nitrogens with zero attached hydrogens (tertiary/aromatic N) is 1. The molecule has 0 spiro atoms. The number of sulfonamides is 1. The first-order valence-corrected chi connectivity index (χ1v) is 11.8. The molecule has 0 aromatic heterocycles. The molecule has 10 heteroatoms. The van der Waals surface area contributed by atoms with Gasteiger partial charge in [-0.25, -0.2) is 8.42 Å². The number of hydrogen-bond acceptors (Lipinski definition) is 5. The Morgan fingerprint density at radius 1 is 1.09 bits per heavy atom. The van der Waals surface area contributed by atoms with Crippen molar-refractivity contribution >= 4 is 27.7 Å². The summed E-state index contributed by atoms with van der Waals surface area (Å²) in [6.45, 7) is 0.514. The average molecular weight is 458 g/mol. The molecule has 0 aliphatic carbocycles. The van der Waals surface area contributed by atoms with E-state index >= 15 is 0 Å². The number of rotatable bonds is 8. The molecule has 1 aliphatic rings. The largest absolute Gasteiger partial charge is 0.384 e. The average Bonchev–Trinajstić information content (AvgIpc) is 2.94. The molecular weight excluding hydrogens is 430 g/mol. The Bertz CT molecular complexity index is 1070. The minimum absolute atomic E-state index is 0.0299. The van der Waals surface area contributed by atoms with Crippen LogP contribution in [0, 0.1) is 5.41 Å². The van der Waals surface area contributed by atoms with Gasteiger partial charge < -0.3 is 16.0 Å². The first-order valence-electron chi connectivity index (χ1n) is 10.3. The van der Waals surface area contributed by atoms with Crippen LogP contribution in [0.2, 0.25) is 0 Å². The number of amidine groups is 1. The van der Waals surface area contributed by atoms with Crippen molar-refractivity contribution in [2.24, 2.45) is 5.73 Å². The van der Waals surface area contributed by atoms with Crippen LogP contribution in [0.5, 0.6) is 0 Å². The van der Waals surface area contributed by atoms with E-state index in [0.717, 1.165) is 5.56 Å². The van der Waals surface area contributed by atoms with E-state index < -0.39 is 22.0 Å². The molecular formula is C22H27N5O4S. The zero-order valence-electron chi connectivity index (χ0n) is 17.6. The molecule has 9 nitrogen and oxygen atoms in total. The van der Waals surface area contributed by atoms with Gasteiger partial charge in [-0.3, -0.25) is 15.0 Å². The number of carbonyl (C=O) groups is 2. The molecule has 1 saturated heterocycles. The smallest absolute Gasteiger partial charge is 0.241 e. The highest BCUT2D eigenvalue weighted by Gasteiger charge is 2.31. The predicted molar refractivity (Wildman–Crippen MR) is 120 cm³/mol. The first-order chi connectivity index (χ1) is 15.3. The lowest BCUT2D eigenvalue weighted by molar-refractivity contribution is -0.136. The van der Waals surface area contributed by atoms with Crippen LogP contribution in [0.1, 0.15) is 30.4 Å². The van der Waals surface area contributed by atoms with E-state index in [-0.39, 0.29) is 29.7 Å². The van der Waals surface area contributed by atoms with E-state index in [4.69, 9.17) is 11.1 Å². The van der Waals surface area contributed by atoms with Gasteiger partial charge in [-0.2, -0.15) is 4.72 Å². The number of benzene rings is 2. The van der Waals surface area contributed by atoms with Gasteiger partial charge in [0.25, 0.3) is 0 Å². The summed E-state index contributed by atoms with van der Waals surface area (Å²) in [4.78, 5) is 26.9. The van der Waals surface area contributed by atoms with E-state index in [0.29, 0.717) is 31.4 Å². The molecule has 1 aliphatic heterocycles. The third-order valence-corrected chi connectivity index (χ3v) is 6.71. The van der Waals surface area contributed by atoms with Gasteiger partial charge in [0, 0.05) is 18.7 Å². The van der Waals surface area contributed by atoms with Gasteiger partial charge in [0.15, 0.2) is 0 Å². The summed E-state index contributed by atoms with van der Waals surface area (Å²) >= 11 is 0. The molecule has 0 radical (unpaired) electrons. The molecule has 0 bridgehead atoms. The van der Waals surface area contributed by atoms with Gasteiger partial charge in [0.05, 0.1) is 11.4 Å². The normalized spacial score (nSPS) is 16.9. The predicted octanol–water partition coefficient (Wildman–Crippen LogP) is 0.946. The maximum atomic E-state index is 13.0. The van der Waals surface area contributed by atoms with Gasteiger partial charge in [-0.1, -0.05) is 42.5 Å². The molecule has 2 aromatic carbocycles. The van der Waals surface area contributed by atoms with Crippen molar-refractivity contribution in [1.82, 2.24) is 14.9 Å². The summed E-state index contributed by atoms with van der Waals surface area (Å²) in [7, 11) is -3.84. The molecule has 1 unspecified atom stereocenters. The van der Waals surface area contributed by atoms with Crippen molar-refractivity contribution in [2.75, 3.05) is 13.1 Å². The molecule has 1 heterocycles. The maximum Gasteiger partial charge on any atom is 0.241 e. The summed E-state index contributed by atoms with van der Waals surface area (Å²) in [6.07, 6.45) is 1.74. The Labute approximate surface area is 187 Å². The number of nitrogens with two attached hydrogens (primary N) is 1. The molecule has 2 aromatic rings. The number of amides is 2. The minimum Gasteiger partial charge on any atom is -0.384 e. The molecule has 5 N–H and O–H groups in total. The monoisotopic (exact) mass is 457 g/mol. The summed E-state index contributed by atoms with van der Waals surface area (Å²) in [5.74, 6) is -0.763. The SMILES string of the molecule is N=C(N)c1ccc(CNC(=O)CN2CCCCC(NS(=O)(=O)c3ccccc3)C2=O)cc1. The van der Waals surface area contributed by atoms with Crippen molar-refractivity contribution in [3.05, 3.63) is 65.7 Å². The lowest BCUT2D eigenvalue weighted by Gasteiger charge is -2.24. The maximum absolute atomic E-state index is 13.0. The summed E-state index contributed by atoms with van der Waals surface area (Å²) in [6, 6.07) is 13.9. The highest BCUT2D eigenvalue weighted by atomic mass is 32.2. The lowest BCUT2D eigenvalue weighted by atomic mass is 10.1. The fraction of sp³-hybridized carbons (Fsp3) is 0.318. The fourth-order valence-corrected chi connectivity index (χ4v) is 4.70. The van der Waals surface area contributed by atoms with Crippen LogP contribution in [0.3, 0.4) is 0 Å². The van der Waals surface area contributed by atoms with Crippen LogP contribution in [0.4, 0.5) is 0 Å². The Morgan fingerprint density at radius 2 is 1.78 bits per heavy atom. The second-order valence-corrected chi connectivity index (χ2v) is 9.34. The van der Waals surface area contributed by atoms with Gasteiger partial charge in [0.1, 0.15) is 11.9 Å². The van der Waals surface area contributed by atoms with E-state index in [9.17, 15) is 18.0 Å². The van der Waals surface area contributed by atoms with E-state index in [1.807, 2.05) is 0 Å². The summed E-state index contributed by atoms with van der Waals surface area (Å²) < 4.78 is 27.8. The van der Waals surface area contributed by atoms with Crippen molar-refractivity contribution in [3.63, 3.8) is 0 Å². The van der Waals surface area contributed by atoms with Crippen molar-refractivity contribution in [3.8, 4) is 0 Å². The molecule has 0 saturated carbocycles. The Hall–Kier alpha value is -3.24. The zero-order valence-corrected chi connectivity index (χ0v) is 18.4. The number of likely N-dealkylation sites (tertiary alicyclic amines) is 1. The van der Waals surface area contributed by atoms with Crippen molar-refractivity contribution in [1.29, 1.82) is 5.41 Å². The second kappa shape index (κ2) is 10.4.